The van der Waals surface area contributed by atoms with E-state index in [2.05, 4.69) is 14.9 Å². The van der Waals surface area contributed by atoms with Gasteiger partial charge in [0.2, 0.25) is 10.0 Å². The molecule has 0 amide bonds. The Morgan fingerprint density at radius 3 is 2.47 bits per heavy atom. The first kappa shape index (κ1) is 19.1. The Bertz CT molecular complexity index is 1170. The molecule has 8 nitrogen and oxygen atoms in total. The lowest BCUT2D eigenvalue weighted by molar-refractivity contribution is 0.356. The predicted molar refractivity (Wildman–Crippen MR) is 113 cm³/mol. The van der Waals surface area contributed by atoms with Crippen molar-refractivity contribution in [2.75, 3.05) is 37.7 Å². The Morgan fingerprint density at radius 1 is 0.967 bits per heavy atom. The molecule has 2 aliphatic rings. The van der Waals surface area contributed by atoms with Crippen LogP contribution in [0.5, 0.6) is 5.75 Å². The summed E-state index contributed by atoms with van der Waals surface area (Å²) < 4.78 is 35.3. The zero-order chi connectivity index (χ0) is 20.7. The number of aromatic nitrogens is 3. The number of sulfonamides is 1. The van der Waals surface area contributed by atoms with Crippen LogP contribution in [0.2, 0.25) is 0 Å². The maximum atomic E-state index is 13.1. The molecule has 0 atom stereocenters. The molecule has 1 saturated heterocycles. The van der Waals surface area contributed by atoms with Crippen LogP contribution in [0, 0.1) is 6.92 Å². The first-order valence-electron chi connectivity index (χ1n) is 10.0. The van der Waals surface area contributed by atoms with Crippen LogP contribution >= 0.6 is 0 Å². The molecule has 156 valence electrons. The molecule has 0 N–H and O–H groups in total. The number of ether oxygens (including phenoxy) is 1. The van der Waals surface area contributed by atoms with Crippen molar-refractivity contribution in [3.05, 3.63) is 60.2 Å². The standard InChI is InChI=1S/C21H23N5O3S/c1-16-22-20(24-7-2-3-8-24)15-21(23-16)25-9-11-26(12-10-25)30(27,28)18-4-5-19-17(14-18)6-13-29-19/h2-5,7-8,14-15H,6,9-13H2,1H3. The van der Waals surface area contributed by atoms with Gasteiger partial charge in [-0.25, -0.2) is 18.4 Å². The van der Waals surface area contributed by atoms with Crippen molar-refractivity contribution in [1.29, 1.82) is 0 Å². The molecule has 1 fully saturated rings. The van der Waals surface area contributed by atoms with Crippen LogP contribution in [-0.2, 0) is 16.4 Å². The highest BCUT2D eigenvalue weighted by atomic mass is 32.2. The zero-order valence-electron chi connectivity index (χ0n) is 16.7. The summed E-state index contributed by atoms with van der Waals surface area (Å²) in [5.74, 6) is 3.10. The smallest absolute Gasteiger partial charge is 0.243 e. The lowest BCUT2D eigenvalue weighted by atomic mass is 10.2. The highest BCUT2D eigenvalue weighted by Gasteiger charge is 2.30. The maximum Gasteiger partial charge on any atom is 0.243 e. The Hall–Kier alpha value is -2.91. The molecule has 4 heterocycles. The van der Waals surface area contributed by atoms with E-state index in [1.54, 1.807) is 22.5 Å². The van der Waals surface area contributed by atoms with Gasteiger partial charge in [0.25, 0.3) is 0 Å². The number of anilines is 1. The number of hydrogen-bond donors (Lipinski definition) is 0. The van der Waals surface area contributed by atoms with Gasteiger partial charge in [-0.05, 0) is 42.8 Å². The van der Waals surface area contributed by atoms with E-state index in [0.29, 0.717) is 43.5 Å². The van der Waals surface area contributed by atoms with Crippen LogP contribution < -0.4 is 9.64 Å². The monoisotopic (exact) mass is 425 g/mol. The lowest BCUT2D eigenvalue weighted by Crippen LogP contribution is -2.49. The van der Waals surface area contributed by atoms with Gasteiger partial charge in [0.15, 0.2) is 0 Å². The number of fused-ring (bicyclic) bond motifs is 1. The summed E-state index contributed by atoms with van der Waals surface area (Å²) >= 11 is 0. The second kappa shape index (κ2) is 7.41. The van der Waals surface area contributed by atoms with Gasteiger partial charge in [0.1, 0.15) is 23.2 Å². The minimum Gasteiger partial charge on any atom is -0.493 e. The van der Waals surface area contributed by atoms with Crippen molar-refractivity contribution in [1.82, 2.24) is 18.8 Å². The maximum absolute atomic E-state index is 13.1. The van der Waals surface area contributed by atoms with E-state index in [9.17, 15) is 8.42 Å². The van der Waals surface area contributed by atoms with E-state index in [-0.39, 0.29) is 0 Å². The van der Waals surface area contributed by atoms with Crippen LogP contribution in [0.25, 0.3) is 5.82 Å². The summed E-state index contributed by atoms with van der Waals surface area (Å²) in [5, 5.41) is 0. The van der Waals surface area contributed by atoms with Gasteiger partial charge in [0.05, 0.1) is 11.5 Å². The van der Waals surface area contributed by atoms with Gasteiger partial charge in [-0.15, -0.1) is 0 Å². The van der Waals surface area contributed by atoms with Crippen molar-refractivity contribution in [2.45, 2.75) is 18.2 Å². The highest BCUT2D eigenvalue weighted by molar-refractivity contribution is 7.89. The Balaban J connectivity index is 1.33. The fourth-order valence-corrected chi connectivity index (χ4v) is 5.42. The van der Waals surface area contributed by atoms with Gasteiger partial charge in [-0.1, -0.05) is 0 Å². The molecule has 5 rings (SSSR count). The number of benzene rings is 1. The van der Waals surface area contributed by atoms with Gasteiger partial charge in [-0.2, -0.15) is 4.31 Å². The largest absolute Gasteiger partial charge is 0.493 e. The second-order valence-electron chi connectivity index (χ2n) is 7.48. The van der Waals surface area contributed by atoms with Gasteiger partial charge >= 0.3 is 0 Å². The SMILES string of the molecule is Cc1nc(N2CCN(S(=O)(=O)c3ccc4c(c3)CCO4)CC2)cc(-n2cccc2)n1. The van der Waals surface area contributed by atoms with Crippen LogP contribution in [0.15, 0.2) is 53.7 Å². The van der Waals surface area contributed by atoms with Crippen LogP contribution in [-0.4, -0.2) is 60.0 Å². The minimum absolute atomic E-state index is 0.341. The third-order valence-electron chi connectivity index (χ3n) is 5.54. The van der Waals surface area contributed by atoms with Crippen LogP contribution in [0.1, 0.15) is 11.4 Å². The Kier molecular flexibility index (Phi) is 4.71. The van der Waals surface area contributed by atoms with Crippen molar-refractivity contribution >= 4 is 15.8 Å². The molecule has 3 aromatic rings. The van der Waals surface area contributed by atoms with E-state index in [1.165, 1.54) is 0 Å². The van der Waals surface area contributed by atoms with E-state index in [0.717, 1.165) is 29.4 Å². The number of rotatable bonds is 4. The molecule has 0 bridgehead atoms. The average molecular weight is 426 g/mol. The summed E-state index contributed by atoms with van der Waals surface area (Å²) in [4.78, 5) is 11.5. The number of aryl methyl sites for hydroxylation is 1. The van der Waals surface area contributed by atoms with Crippen molar-refractivity contribution < 1.29 is 13.2 Å². The van der Waals surface area contributed by atoms with Crippen molar-refractivity contribution in [3.63, 3.8) is 0 Å². The molecule has 0 spiro atoms. The average Bonchev–Trinajstić information content (AvgIpc) is 3.45. The first-order valence-corrected chi connectivity index (χ1v) is 11.4. The fraction of sp³-hybridized carbons (Fsp3) is 0.333. The third-order valence-corrected chi connectivity index (χ3v) is 7.44. The predicted octanol–water partition coefficient (Wildman–Crippen LogP) is 2.02. The Morgan fingerprint density at radius 2 is 1.70 bits per heavy atom. The molecule has 0 radical (unpaired) electrons. The summed E-state index contributed by atoms with van der Waals surface area (Å²) in [6, 6.07) is 11.0. The topological polar surface area (TPSA) is 80.6 Å². The summed E-state index contributed by atoms with van der Waals surface area (Å²) in [5.41, 5.74) is 0.962. The van der Waals surface area contributed by atoms with E-state index < -0.39 is 10.0 Å². The van der Waals surface area contributed by atoms with Gasteiger partial charge in [-0.3, -0.25) is 0 Å². The highest BCUT2D eigenvalue weighted by Crippen LogP contribution is 2.29. The molecule has 1 aromatic carbocycles. The summed E-state index contributed by atoms with van der Waals surface area (Å²) in [6.45, 7) is 4.47. The van der Waals surface area contributed by atoms with Crippen LogP contribution in [0.3, 0.4) is 0 Å². The quantitative estimate of drug-likeness (QED) is 0.636. The third kappa shape index (κ3) is 3.44. The zero-order valence-corrected chi connectivity index (χ0v) is 17.5. The number of hydrogen-bond acceptors (Lipinski definition) is 6. The summed E-state index contributed by atoms with van der Waals surface area (Å²) in [7, 11) is -3.53. The van der Waals surface area contributed by atoms with Crippen LogP contribution in [0.4, 0.5) is 5.82 Å². The molecule has 30 heavy (non-hydrogen) atoms. The van der Waals surface area contributed by atoms with E-state index in [4.69, 9.17) is 4.74 Å². The van der Waals surface area contributed by atoms with Gasteiger partial charge < -0.3 is 14.2 Å². The number of nitrogens with zero attached hydrogens (tertiary/aromatic N) is 5. The molecular formula is C21H23N5O3S. The Labute approximate surface area is 175 Å². The molecule has 9 heteroatoms. The van der Waals surface area contributed by atoms with E-state index >= 15 is 0 Å². The molecule has 2 aliphatic heterocycles. The van der Waals surface area contributed by atoms with Crippen molar-refractivity contribution in [2.24, 2.45) is 0 Å². The minimum atomic E-state index is -3.53. The first-order chi connectivity index (χ1) is 14.5. The van der Waals surface area contributed by atoms with Gasteiger partial charge in [0, 0.05) is 51.1 Å². The second-order valence-corrected chi connectivity index (χ2v) is 9.42. The number of piperazine rings is 1. The summed E-state index contributed by atoms with van der Waals surface area (Å²) in [6.07, 6.45) is 4.64. The molecule has 0 unspecified atom stereocenters. The molecule has 0 aliphatic carbocycles. The fourth-order valence-electron chi connectivity index (χ4n) is 3.95. The normalized spacial score (nSPS) is 17.0. The van der Waals surface area contributed by atoms with Crippen molar-refractivity contribution in [3.8, 4) is 11.6 Å². The molecule has 0 saturated carbocycles. The lowest BCUT2D eigenvalue weighted by Gasteiger charge is -2.34. The molecule has 2 aromatic heterocycles. The van der Waals surface area contributed by atoms with E-state index in [1.807, 2.05) is 42.1 Å². The molecular weight excluding hydrogens is 402 g/mol.